The van der Waals surface area contributed by atoms with Gasteiger partial charge in [0, 0.05) is 24.5 Å². The van der Waals surface area contributed by atoms with Crippen molar-refractivity contribution in [1.82, 2.24) is 24.6 Å². The number of carbonyl (C=O) groups excluding carboxylic acids is 1. The molecule has 1 aliphatic rings. The summed E-state index contributed by atoms with van der Waals surface area (Å²) in [5, 5.41) is 8.21. The van der Waals surface area contributed by atoms with E-state index in [1.165, 1.54) is 12.1 Å². The number of hydrogen-bond acceptors (Lipinski definition) is 5. The Bertz CT molecular complexity index is 1020. The Morgan fingerprint density at radius 2 is 2.00 bits per heavy atom. The number of alkyl halides is 3. The molecule has 1 unspecified atom stereocenters. The molecule has 0 spiro atoms. The summed E-state index contributed by atoms with van der Waals surface area (Å²) in [5.74, 6) is -0.158. The third kappa shape index (κ3) is 4.42. The molecule has 1 aliphatic heterocycles. The first kappa shape index (κ1) is 19.9. The highest BCUT2D eigenvalue weighted by Gasteiger charge is 2.35. The second kappa shape index (κ2) is 8.13. The first-order chi connectivity index (χ1) is 14.4. The quantitative estimate of drug-likeness (QED) is 0.634. The summed E-state index contributed by atoms with van der Waals surface area (Å²) in [7, 11) is 0. The van der Waals surface area contributed by atoms with Gasteiger partial charge in [0.25, 0.3) is 5.91 Å². The van der Waals surface area contributed by atoms with Crippen LogP contribution in [-0.2, 0) is 6.54 Å². The van der Waals surface area contributed by atoms with Crippen LogP contribution in [0.3, 0.4) is 0 Å². The van der Waals surface area contributed by atoms with Crippen LogP contribution in [0.2, 0.25) is 0 Å². The molecule has 1 atom stereocenters. The lowest BCUT2D eigenvalue weighted by molar-refractivity contribution is -0.274. The van der Waals surface area contributed by atoms with Gasteiger partial charge in [0.05, 0.1) is 12.6 Å². The molecule has 0 aliphatic carbocycles. The van der Waals surface area contributed by atoms with E-state index in [1.807, 2.05) is 16.7 Å². The highest BCUT2D eigenvalue weighted by Crippen LogP contribution is 2.33. The lowest BCUT2D eigenvalue weighted by Gasteiger charge is -2.25. The Labute approximate surface area is 170 Å². The number of carbonyl (C=O) groups is 1. The minimum Gasteiger partial charge on any atom is -0.406 e. The second-order valence-electron chi connectivity index (χ2n) is 6.90. The van der Waals surface area contributed by atoms with E-state index >= 15 is 0 Å². The third-order valence-electron chi connectivity index (χ3n) is 4.87. The zero-order valence-electron chi connectivity index (χ0n) is 15.8. The van der Waals surface area contributed by atoms with Crippen molar-refractivity contribution in [2.24, 2.45) is 0 Å². The number of pyridine rings is 1. The lowest BCUT2D eigenvalue weighted by Crippen LogP contribution is -2.32. The van der Waals surface area contributed by atoms with Gasteiger partial charge >= 0.3 is 6.36 Å². The predicted molar refractivity (Wildman–Crippen MR) is 99.5 cm³/mol. The Morgan fingerprint density at radius 3 is 2.77 bits per heavy atom. The Hall–Kier alpha value is -3.43. The number of halogens is 3. The molecule has 3 heterocycles. The number of benzene rings is 1. The molecule has 1 aromatic carbocycles. The van der Waals surface area contributed by atoms with Crippen molar-refractivity contribution in [2.45, 2.75) is 31.8 Å². The maximum absolute atomic E-state index is 13.1. The summed E-state index contributed by atoms with van der Waals surface area (Å²) in [6.07, 6.45) is 1.63. The van der Waals surface area contributed by atoms with Crippen LogP contribution in [0.25, 0.3) is 0 Å². The second-order valence-corrected chi connectivity index (χ2v) is 6.90. The average Bonchev–Trinajstić information content (AvgIpc) is 3.36. The standard InChI is InChI=1S/C20H18F3N5O2/c21-20(22,23)30-16-4-1-3-15(11-16)19(29)28-10-2-5-17(28)18-26-25-13-27(18)12-14-6-8-24-9-7-14/h1,3-4,6-9,11,13,17H,2,5,10,12H2. The van der Waals surface area contributed by atoms with E-state index in [0.717, 1.165) is 24.1 Å². The molecule has 3 aromatic rings. The van der Waals surface area contributed by atoms with Crippen molar-refractivity contribution in [3.63, 3.8) is 0 Å². The fourth-order valence-corrected chi connectivity index (χ4v) is 3.60. The molecule has 1 amide bonds. The van der Waals surface area contributed by atoms with Crippen molar-refractivity contribution in [3.05, 3.63) is 72.1 Å². The van der Waals surface area contributed by atoms with Crippen molar-refractivity contribution in [3.8, 4) is 5.75 Å². The molecule has 0 N–H and O–H groups in total. The minimum atomic E-state index is -4.82. The van der Waals surface area contributed by atoms with Crippen LogP contribution in [0.5, 0.6) is 5.75 Å². The highest BCUT2D eigenvalue weighted by atomic mass is 19.4. The normalized spacial score (nSPS) is 16.6. The maximum Gasteiger partial charge on any atom is 0.573 e. The molecule has 0 saturated carbocycles. The van der Waals surface area contributed by atoms with E-state index in [4.69, 9.17) is 0 Å². The number of amides is 1. The smallest absolute Gasteiger partial charge is 0.406 e. The van der Waals surface area contributed by atoms with Crippen molar-refractivity contribution < 1.29 is 22.7 Å². The summed E-state index contributed by atoms with van der Waals surface area (Å²) in [6.45, 7) is 1.01. The number of rotatable bonds is 5. The largest absolute Gasteiger partial charge is 0.573 e. The van der Waals surface area contributed by atoms with Crippen LogP contribution in [-0.4, -0.2) is 43.5 Å². The van der Waals surface area contributed by atoms with Gasteiger partial charge < -0.3 is 14.2 Å². The number of ether oxygens (including phenoxy) is 1. The molecule has 0 bridgehead atoms. The summed E-state index contributed by atoms with van der Waals surface area (Å²) in [6, 6.07) is 8.56. The van der Waals surface area contributed by atoms with Crippen LogP contribution in [0.15, 0.2) is 55.1 Å². The van der Waals surface area contributed by atoms with Crippen molar-refractivity contribution in [2.75, 3.05) is 6.54 Å². The van der Waals surface area contributed by atoms with Crippen molar-refractivity contribution >= 4 is 5.91 Å². The first-order valence-corrected chi connectivity index (χ1v) is 9.34. The minimum absolute atomic E-state index is 0.129. The summed E-state index contributed by atoms with van der Waals surface area (Å²) in [5.41, 5.74) is 1.14. The van der Waals surface area contributed by atoms with Gasteiger partial charge in [0.1, 0.15) is 12.1 Å². The summed E-state index contributed by atoms with van der Waals surface area (Å²) >= 11 is 0. The van der Waals surface area contributed by atoms with Gasteiger partial charge in [0.15, 0.2) is 5.82 Å². The Kier molecular flexibility index (Phi) is 5.39. The van der Waals surface area contributed by atoms with Gasteiger partial charge in [0.2, 0.25) is 0 Å². The number of hydrogen-bond donors (Lipinski definition) is 0. The predicted octanol–water partition coefficient (Wildman–Crippen LogP) is 3.60. The molecule has 2 aromatic heterocycles. The van der Waals surface area contributed by atoms with Crippen LogP contribution >= 0.6 is 0 Å². The maximum atomic E-state index is 13.1. The molecule has 1 saturated heterocycles. The van der Waals surface area contributed by atoms with Gasteiger partial charge in [-0.2, -0.15) is 0 Å². The third-order valence-corrected chi connectivity index (χ3v) is 4.87. The number of nitrogens with zero attached hydrogens (tertiary/aromatic N) is 5. The lowest BCUT2D eigenvalue weighted by atomic mass is 10.1. The van der Waals surface area contributed by atoms with Crippen molar-refractivity contribution in [1.29, 1.82) is 0 Å². The van der Waals surface area contributed by atoms with E-state index in [1.54, 1.807) is 23.6 Å². The Balaban J connectivity index is 1.56. The highest BCUT2D eigenvalue weighted by molar-refractivity contribution is 5.95. The van der Waals surface area contributed by atoms with E-state index in [2.05, 4.69) is 19.9 Å². The zero-order chi connectivity index (χ0) is 21.1. The number of aromatic nitrogens is 4. The molecule has 1 fully saturated rings. The molecule has 156 valence electrons. The molecule has 4 rings (SSSR count). The summed E-state index contributed by atoms with van der Waals surface area (Å²) < 4.78 is 43.3. The summed E-state index contributed by atoms with van der Waals surface area (Å²) in [4.78, 5) is 18.7. The molecule has 0 radical (unpaired) electrons. The van der Waals surface area contributed by atoms with E-state index < -0.39 is 12.1 Å². The van der Waals surface area contributed by atoms with Crippen LogP contribution in [0.1, 0.15) is 40.6 Å². The number of likely N-dealkylation sites (tertiary alicyclic amines) is 1. The fourth-order valence-electron chi connectivity index (χ4n) is 3.60. The SMILES string of the molecule is O=C(c1cccc(OC(F)(F)F)c1)N1CCCC1c1nncn1Cc1ccncc1. The Morgan fingerprint density at radius 1 is 1.20 bits per heavy atom. The van der Waals surface area contributed by atoms with Crippen LogP contribution < -0.4 is 4.74 Å². The zero-order valence-corrected chi connectivity index (χ0v) is 15.8. The van der Waals surface area contributed by atoms with E-state index in [9.17, 15) is 18.0 Å². The molecular formula is C20H18F3N5O2. The molecular weight excluding hydrogens is 399 g/mol. The van der Waals surface area contributed by atoms with Crippen LogP contribution in [0.4, 0.5) is 13.2 Å². The van der Waals surface area contributed by atoms with Crippen LogP contribution in [0, 0.1) is 0 Å². The first-order valence-electron chi connectivity index (χ1n) is 9.34. The van der Waals surface area contributed by atoms with Gasteiger partial charge in [-0.15, -0.1) is 23.4 Å². The molecule has 7 nitrogen and oxygen atoms in total. The molecule has 10 heteroatoms. The molecule has 30 heavy (non-hydrogen) atoms. The average molecular weight is 417 g/mol. The monoisotopic (exact) mass is 417 g/mol. The van der Waals surface area contributed by atoms with Gasteiger partial charge in [-0.1, -0.05) is 6.07 Å². The van der Waals surface area contributed by atoms with Gasteiger partial charge in [-0.25, -0.2) is 0 Å². The van der Waals surface area contributed by atoms with Gasteiger partial charge in [-0.05, 0) is 48.7 Å². The van der Waals surface area contributed by atoms with Gasteiger partial charge in [-0.3, -0.25) is 9.78 Å². The fraction of sp³-hybridized carbons (Fsp3) is 0.300. The van der Waals surface area contributed by atoms with E-state index in [-0.39, 0.29) is 17.5 Å². The topological polar surface area (TPSA) is 73.1 Å². The van der Waals surface area contributed by atoms with E-state index in [0.29, 0.717) is 25.3 Å².